The first-order valence-electron chi connectivity index (χ1n) is 5.88. The van der Waals surface area contributed by atoms with Gasteiger partial charge in [-0.15, -0.1) is 0 Å². The lowest BCUT2D eigenvalue weighted by Crippen LogP contribution is -2.28. The van der Waals surface area contributed by atoms with Gasteiger partial charge in [0.1, 0.15) is 5.82 Å². The number of halogens is 1. The molecule has 1 unspecified atom stereocenters. The maximum Gasteiger partial charge on any atom is 0.125 e. The van der Waals surface area contributed by atoms with Crippen LogP contribution in [-0.2, 0) is 0 Å². The summed E-state index contributed by atoms with van der Waals surface area (Å²) in [6.07, 6.45) is 1.14. The molecule has 2 nitrogen and oxygen atoms in total. The Morgan fingerprint density at radius 1 is 1.38 bits per heavy atom. The zero-order valence-electron chi connectivity index (χ0n) is 10.3. The van der Waals surface area contributed by atoms with E-state index in [9.17, 15) is 4.39 Å². The van der Waals surface area contributed by atoms with Crippen molar-refractivity contribution < 1.29 is 4.39 Å². The van der Waals surface area contributed by atoms with Crippen LogP contribution >= 0.6 is 0 Å². The Hall–Kier alpha value is -1.25. The molecule has 0 aliphatic rings. The summed E-state index contributed by atoms with van der Waals surface area (Å²) in [6, 6.07) is 4.61. The minimum Gasteiger partial charge on any atom is -0.397 e. The largest absolute Gasteiger partial charge is 0.397 e. The zero-order valence-corrected chi connectivity index (χ0v) is 10.3. The summed E-state index contributed by atoms with van der Waals surface area (Å²) >= 11 is 0. The first-order valence-corrected chi connectivity index (χ1v) is 5.88. The lowest BCUT2D eigenvalue weighted by molar-refractivity contribution is 0.548. The zero-order chi connectivity index (χ0) is 12.1. The second-order valence-corrected chi connectivity index (χ2v) is 4.26. The summed E-state index contributed by atoms with van der Waals surface area (Å²) in [5.74, 6) is 0.338. The quantitative estimate of drug-likeness (QED) is 0.778. The molecule has 0 amide bonds. The number of benzene rings is 1. The third-order valence-electron chi connectivity index (χ3n) is 2.94. The number of nitrogens with zero attached hydrogens (tertiary/aromatic N) is 1. The maximum absolute atomic E-state index is 12.9. The maximum atomic E-state index is 12.9. The van der Waals surface area contributed by atoms with Crippen molar-refractivity contribution >= 4 is 11.4 Å². The van der Waals surface area contributed by atoms with E-state index in [1.54, 1.807) is 6.07 Å². The number of anilines is 2. The molecule has 0 saturated heterocycles. The van der Waals surface area contributed by atoms with Gasteiger partial charge >= 0.3 is 0 Å². The molecule has 0 fully saturated rings. The predicted molar refractivity (Wildman–Crippen MR) is 68.2 cm³/mol. The van der Waals surface area contributed by atoms with Crippen molar-refractivity contribution in [2.24, 2.45) is 5.92 Å². The molecule has 1 aromatic rings. The third kappa shape index (κ3) is 3.12. The van der Waals surface area contributed by atoms with E-state index < -0.39 is 0 Å². The van der Waals surface area contributed by atoms with E-state index in [0.717, 1.165) is 25.2 Å². The highest BCUT2D eigenvalue weighted by atomic mass is 19.1. The highest BCUT2D eigenvalue weighted by molar-refractivity contribution is 5.67. The molecule has 0 heterocycles. The Morgan fingerprint density at radius 3 is 2.56 bits per heavy atom. The predicted octanol–water partition coefficient (Wildman–Crippen LogP) is 3.28. The van der Waals surface area contributed by atoms with Crippen LogP contribution in [0.2, 0.25) is 0 Å². The van der Waals surface area contributed by atoms with Crippen LogP contribution in [0.4, 0.5) is 15.8 Å². The highest BCUT2D eigenvalue weighted by Crippen LogP contribution is 2.24. The van der Waals surface area contributed by atoms with Gasteiger partial charge in [-0.3, -0.25) is 0 Å². The lowest BCUT2D eigenvalue weighted by Gasteiger charge is -2.27. The van der Waals surface area contributed by atoms with Gasteiger partial charge in [-0.1, -0.05) is 20.3 Å². The van der Waals surface area contributed by atoms with Gasteiger partial charge in [0, 0.05) is 13.1 Å². The van der Waals surface area contributed by atoms with Gasteiger partial charge in [0.15, 0.2) is 0 Å². The fraction of sp³-hybridized carbons (Fsp3) is 0.538. The molecular weight excluding hydrogens is 203 g/mol. The number of rotatable bonds is 5. The van der Waals surface area contributed by atoms with E-state index in [-0.39, 0.29) is 5.82 Å². The molecule has 0 aromatic heterocycles. The fourth-order valence-electron chi connectivity index (χ4n) is 1.72. The molecule has 90 valence electrons. The van der Waals surface area contributed by atoms with Gasteiger partial charge in [-0.25, -0.2) is 4.39 Å². The Balaban J connectivity index is 2.86. The van der Waals surface area contributed by atoms with E-state index in [4.69, 9.17) is 5.73 Å². The molecule has 1 rings (SSSR count). The Morgan fingerprint density at radius 2 is 2.06 bits per heavy atom. The Labute approximate surface area is 97.3 Å². The first kappa shape index (κ1) is 12.8. The molecule has 0 spiro atoms. The van der Waals surface area contributed by atoms with Crippen LogP contribution in [-0.4, -0.2) is 13.1 Å². The molecule has 16 heavy (non-hydrogen) atoms. The van der Waals surface area contributed by atoms with Crippen molar-refractivity contribution in [1.82, 2.24) is 0 Å². The van der Waals surface area contributed by atoms with Crippen molar-refractivity contribution in [1.29, 1.82) is 0 Å². The van der Waals surface area contributed by atoms with Gasteiger partial charge in [0.05, 0.1) is 11.4 Å². The average Bonchev–Trinajstić information content (AvgIpc) is 2.26. The third-order valence-corrected chi connectivity index (χ3v) is 2.94. The molecule has 1 atom stereocenters. The van der Waals surface area contributed by atoms with Gasteiger partial charge in [-0.2, -0.15) is 0 Å². The summed E-state index contributed by atoms with van der Waals surface area (Å²) in [7, 11) is 0. The smallest absolute Gasteiger partial charge is 0.125 e. The number of nitrogens with two attached hydrogens (primary N) is 1. The summed E-state index contributed by atoms with van der Waals surface area (Å²) in [5.41, 5.74) is 7.29. The number of hydrogen-bond donors (Lipinski definition) is 1. The molecule has 0 radical (unpaired) electrons. The van der Waals surface area contributed by atoms with E-state index in [1.807, 2.05) is 0 Å². The van der Waals surface area contributed by atoms with Crippen molar-refractivity contribution in [3.63, 3.8) is 0 Å². The number of nitrogen functional groups attached to an aromatic ring is 1. The molecule has 0 aliphatic heterocycles. The summed E-state index contributed by atoms with van der Waals surface area (Å²) in [6.45, 7) is 8.32. The molecule has 0 saturated carbocycles. The summed E-state index contributed by atoms with van der Waals surface area (Å²) in [4.78, 5) is 2.20. The summed E-state index contributed by atoms with van der Waals surface area (Å²) in [5, 5.41) is 0. The fourth-order valence-corrected chi connectivity index (χ4v) is 1.72. The first-order chi connectivity index (χ1) is 7.58. The SMILES string of the molecule is CCC(C)CN(CC)c1ccc(F)cc1N. The van der Waals surface area contributed by atoms with Crippen molar-refractivity contribution in [3.8, 4) is 0 Å². The molecular formula is C13H21FN2. The normalized spacial score (nSPS) is 12.5. The van der Waals surface area contributed by atoms with E-state index in [1.165, 1.54) is 12.1 Å². The molecule has 1 aromatic carbocycles. The standard InChI is InChI=1S/C13H21FN2/c1-4-10(3)9-16(5-2)13-7-6-11(14)8-12(13)15/h6-8,10H,4-5,9,15H2,1-3H3. The van der Waals surface area contributed by atoms with Crippen molar-refractivity contribution in [2.75, 3.05) is 23.7 Å². The van der Waals surface area contributed by atoms with Gasteiger partial charge in [-0.05, 0) is 31.0 Å². The average molecular weight is 224 g/mol. The van der Waals surface area contributed by atoms with Crippen LogP contribution < -0.4 is 10.6 Å². The number of hydrogen-bond acceptors (Lipinski definition) is 2. The highest BCUT2D eigenvalue weighted by Gasteiger charge is 2.11. The van der Waals surface area contributed by atoms with E-state index in [2.05, 4.69) is 25.7 Å². The van der Waals surface area contributed by atoms with E-state index in [0.29, 0.717) is 11.6 Å². The van der Waals surface area contributed by atoms with Crippen LogP contribution in [0.5, 0.6) is 0 Å². The molecule has 0 aliphatic carbocycles. The monoisotopic (exact) mass is 224 g/mol. The molecule has 0 bridgehead atoms. The molecule has 2 N–H and O–H groups in total. The van der Waals surface area contributed by atoms with Crippen LogP contribution in [0.15, 0.2) is 18.2 Å². The van der Waals surface area contributed by atoms with Crippen LogP contribution in [0, 0.1) is 11.7 Å². The Bertz CT molecular complexity index is 339. The minimum absolute atomic E-state index is 0.277. The second-order valence-electron chi connectivity index (χ2n) is 4.26. The minimum atomic E-state index is -0.277. The lowest BCUT2D eigenvalue weighted by atomic mass is 10.1. The summed E-state index contributed by atoms with van der Waals surface area (Å²) < 4.78 is 12.9. The van der Waals surface area contributed by atoms with Crippen molar-refractivity contribution in [2.45, 2.75) is 27.2 Å². The van der Waals surface area contributed by atoms with Gasteiger partial charge in [0.25, 0.3) is 0 Å². The second kappa shape index (κ2) is 5.73. The Kier molecular flexibility index (Phi) is 4.59. The van der Waals surface area contributed by atoms with Crippen molar-refractivity contribution in [3.05, 3.63) is 24.0 Å². The van der Waals surface area contributed by atoms with Gasteiger partial charge in [0.2, 0.25) is 0 Å². The molecule has 3 heteroatoms. The van der Waals surface area contributed by atoms with Gasteiger partial charge < -0.3 is 10.6 Å². The van der Waals surface area contributed by atoms with Crippen LogP contribution in [0.25, 0.3) is 0 Å². The topological polar surface area (TPSA) is 29.3 Å². The van der Waals surface area contributed by atoms with Crippen LogP contribution in [0.3, 0.4) is 0 Å². The van der Waals surface area contributed by atoms with E-state index >= 15 is 0 Å². The van der Waals surface area contributed by atoms with Crippen LogP contribution in [0.1, 0.15) is 27.2 Å².